The van der Waals surface area contributed by atoms with Crippen LogP contribution in [0.3, 0.4) is 0 Å². The Morgan fingerprint density at radius 1 is 1.00 bits per heavy atom. The highest BCUT2D eigenvalue weighted by Crippen LogP contribution is 2.26. The van der Waals surface area contributed by atoms with E-state index >= 15 is 0 Å². The highest BCUT2D eigenvalue weighted by molar-refractivity contribution is 5.60. The SMILES string of the molecule is N#CCc1cccc(C2=COC(Cc3ccccc3)O2)c1. The number of nitrogens with zero attached hydrogens (tertiary/aromatic N) is 1. The molecule has 0 saturated carbocycles. The summed E-state index contributed by atoms with van der Waals surface area (Å²) in [6.45, 7) is 0. The van der Waals surface area contributed by atoms with Crippen molar-refractivity contribution in [2.75, 3.05) is 0 Å². The lowest BCUT2D eigenvalue weighted by atomic mass is 10.1. The molecule has 21 heavy (non-hydrogen) atoms. The van der Waals surface area contributed by atoms with E-state index in [1.165, 1.54) is 5.56 Å². The summed E-state index contributed by atoms with van der Waals surface area (Å²) in [4.78, 5) is 0. The van der Waals surface area contributed by atoms with Gasteiger partial charge in [0.1, 0.15) is 6.26 Å². The fourth-order valence-electron chi connectivity index (χ4n) is 2.29. The van der Waals surface area contributed by atoms with Crippen molar-refractivity contribution in [3.8, 4) is 6.07 Å². The molecular weight excluding hydrogens is 262 g/mol. The van der Waals surface area contributed by atoms with Gasteiger partial charge >= 0.3 is 0 Å². The number of hydrogen-bond acceptors (Lipinski definition) is 3. The molecule has 0 N–H and O–H groups in total. The van der Waals surface area contributed by atoms with E-state index < -0.39 is 0 Å². The zero-order valence-corrected chi connectivity index (χ0v) is 11.5. The maximum Gasteiger partial charge on any atom is 0.244 e. The van der Waals surface area contributed by atoms with Gasteiger partial charge in [-0.15, -0.1) is 0 Å². The van der Waals surface area contributed by atoms with Crippen LogP contribution in [0.4, 0.5) is 0 Å². The van der Waals surface area contributed by atoms with Crippen molar-refractivity contribution in [1.82, 2.24) is 0 Å². The summed E-state index contributed by atoms with van der Waals surface area (Å²) in [5.74, 6) is 0.718. The summed E-state index contributed by atoms with van der Waals surface area (Å²) >= 11 is 0. The number of benzene rings is 2. The van der Waals surface area contributed by atoms with Gasteiger partial charge in [0.05, 0.1) is 12.5 Å². The number of ether oxygens (including phenoxy) is 2. The second-order valence-electron chi connectivity index (χ2n) is 4.89. The molecule has 2 aromatic rings. The fourth-order valence-corrected chi connectivity index (χ4v) is 2.29. The summed E-state index contributed by atoms with van der Waals surface area (Å²) in [7, 11) is 0. The molecule has 1 atom stereocenters. The van der Waals surface area contributed by atoms with Crippen LogP contribution in [0.2, 0.25) is 0 Å². The van der Waals surface area contributed by atoms with Crippen LogP contribution in [0, 0.1) is 11.3 Å². The van der Waals surface area contributed by atoms with Crippen molar-refractivity contribution < 1.29 is 9.47 Å². The summed E-state index contributed by atoms with van der Waals surface area (Å²) < 4.78 is 11.4. The molecule has 0 bridgehead atoms. The van der Waals surface area contributed by atoms with E-state index in [1.807, 2.05) is 42.5 Å². The minimum atomic E-state index is -0.290. The van der Waals surface area contributed by atoms with E-state index in [0.29, 0.717) is 12.8 Å². The van der Waals surface area contributed by atoms with Crippen molar-refractivity contribution in [2.24, 2.45) is 0 Å². The minimum absolute atomic E-state index is 0.290. The number of nitriles is 1. The third kappa shape index (κ3) is 3.24. The van der Waals surface area contributed by atoms with Gasteiger partial charge in [0.25, 0.3) is 0 Å². The van der Waals surface area contributed by atoms with Gasteiger partial charge in [-0.25, -0.2) is 0 Å². The molecule has 2 aromatic carbocycles. The molecule has 1 unspecified atom stereocenters. The summed E-state index contributed by atoms with van der Waals surface area (Å²) in [5.41, 5.74) is 3.10. The molecule has 0 amide bonds. The largest absolute Gasteiger partial charge is 0.458 e. The predicted octanol–water partition coefficient (Wildman–Crippen LogP) is 3.67. The first-order chi connectivity index (χ1) is 10.3. The van der Waals surface area contributed by atoms with Crippen LogP contribution in [0.1, 0.15) is 16.7 Å². The van der Waals surface area contributed by atoms with Gasteiger partial charge in [0, 0.05) is 12.0 Å². The van der Waals surface area contributed by atoms with Crippen LogP contribution in [0.5, 0.6) is 0 Å². The van der Waals surface area contributed by atoms with Gasteiger partial charge < -0.3 is 9.47 Å². The van der Waals surface area contributed by atoms with Crippen molar-refractivity contribution in [3.63, 3.8) is 0 Å². The standard InChI is InChI=1S/C18H15NO2/c19-10-9-15-7-4-8-16(11-15)17-13-20-18(21-17)12-14-5-2-1-3-6-14/h1-8,11,13,18H,9,12H2. The third-order valence-electron chi connectivity index (χ3n) is 3.33. The molecule has 1 aliphatic rings. The molecule has 0 radical (unpaired) electrons. The smallest absolute Gasteiger partial charge is 0.244 e. The second-order valence-corrected chi connectivity index (χ2v) is 4.89. The summed E-state index contributed by atoms with van der Waals surface area (Å²) in [6.07, 6.45) is 2.47. The first-order valence-corrected chi connectivity index (χ1v) is 6.87. The quantitative estimate of drug-likeness (QED) is 0.856. The van der Waals surface area contributed by atoms with Crippen LogP contribution in [-0.2, 0) is 22.3 Å². The van der Waals surface area contributed by atoms with E-state index in [1.54, 1.807) is 6.26 Å². The molecule has 1 heterocycles. The lowest BCUT2D eigenvalue weighted by Gasteiger charge is -2.12. The first kappa shape index (κ1) is 13.3. The Hall–Kier alpha value is -2.73. The van der Waals surface area contributed by atoms with Gasteiger partial charge in [-0.05, 0) is 17.2 Å². The predicted molar refractivity (Wildman–Crippen MR) is 79.8 cm³/mol. The van der Waals surface area contributed by atoms with Crippen LogP contribution in [0.15, 0.2) is 60.9 Å². The lowest BCUT2D eigenvalue weighted by molar-refractivity contribution is -0.0136. The van der Waals surface area contributed by atoms with E-state index in [0.717, 1.165) is 16.9 Å². The molecule has 0 fully saturated rings. The monoisotopic (exact) mass is 277 g/mol. The van der Waals surface area contributed by atoms with E-state index in [2.05, 4.69) is 18.2 Å². The summed E-state index contributed by atoms with van der Waals surface area (Å²) in [5, 5.41) is 8.76. The normalized spacial score (nSPS) is 16.5. The Bertz CT molecular complexity index is 686. The molecule has 0 aromatic heterocycles. The first-order valence-electron chi connectivity index (χ1n) is 6.87. The second kappa shape index (κ2) is 6.15. The molecule has 0 aliphatic carbocycles. The van der Waals surface area contributed by atoms with Gasteiger partial charge in [-0.2, -0.15) is 5.26 Å². The van der Waals surface area contributed by atoms with Gasteiger partial charge in [-0.3, -0.25) is 0 Å². The topological polar surface area (TPSA) is 42.2 Å². The van der Waals surface area contributed by atoms with Crippen LogP contribution >= 0.6 is 0 Å². The molecule has 3 heteroatoms. The highest BCUT2D eigenvalue weighted by atomic mass is 16.7. The number of hydrogen-bond donors (Lipinski definition) is 0. The molecule has 3 nitrogen and oxygen atoms in total. The molecular formula is C18H15NO2. The average molecular weight is 277 g/mol. The summed E-state index contributed by atoms with van der Waals surface area (Å²) in [6, 6.07) is 20.0. The zero-order chi connectivity index (χ0) is 14.5. The highest BCUT2D eigenvalue weighted by Gasteiger charge is 2.21. The molecule has 3 rings (SSSR count). The van der Waals surface area contributed by atoms with E-state index in [9.17, 15) is 0 Å². The van der Waals surface area contributed by atoms with E-state index in [-0.39, 0.29) is 6.29 Å². The van der Waals surface area contributed by atoms with Gasteiger partial charge in [-0.1, -0.05) is 48.5 Å². The Balaban J connectivity index is 1.67. The van der Waals surface area contributed by atoms with Crippen LogP contribution < -0.4 is 0 Å². The van der Waals surface area contributed by atoms with Crippen molar-refractivity contribution in [1.29, 1.82) is 5.26 Å². The lowest BCUT2D eigenvalue weighted by Crippen LogP contribution is -2.11. The van der Waals surface area contributed by atoms with Crippen molar-refractivity contribution in [3.05, 3.63) is 77.5 Å². The molecule has 104 valence electrons. The van der Waals surface area contributed by atoms with Crippen LogP contribution in [0.25, 0.3) is 5.76 Å². The Labute approximate surface area is 124 Å². The molecule has 0 spiro atoms. The maximum atomic E-state index is 8.76. The third-order valence-corrected chi connectivity index (χ3v) is 3.33. The maximum absolute atomic E-state index is 8.76. The Kier molecular flexibility index (Phi) is 3.88. The van der Waals surface area contributed by atoms with Gasteiger partial charge in [0.2, 0.25) is 6.29 Å². The Morgan fingerprint density at radius 2 is 1.81 bits per heavy atom. The van der Waals surface area contributed by atoms with Crippen molar-refractivity contribution in [2.45, 2.75) is 19.1 Å². The van der Waals surface area contributed by atoms with Crippen LogP contribution in [-0.4, -0.2) is 6.29 Å². The minimum Gasteiger partial charge on any atom is -0.458 e. The van der Waals surface area contributed by atoms with E-state index in [4.69, 9.17) is 14.7 Å². The molecule has 0 saturated heterocycles. The Morgan fingerprint density at radius 3 is 2.62 bits per heavy atom. The van der Waals surface area contributed by atoms with Gasteiger partial charge in [0.15, 0.2) is 5.76 Å². The van der Waals surface area contributed by atoms with Crippen molar-refractivity contribution >= 4 is 5.76 Å². The molecule has 1 aliphatic heterocycles. The number of rotatable bonds is 4. The fraction of sp³-hybridized carbons (Fsp3) is 0.167. The average Bonchev–Trinajstić information content (AvgIpc) is 2.97. The zero-order valence-electron chi connectivity index (χ0n) is 11.5.